The average molecular weight is 377 g/mol. The minimum Gasteiger partial charge on any atom is -0.453 e. The summed E-state index contributed by atoms with van der Waals surface area (Å²) in [4.78, 5) is 15.5. The first-order valence-electron chi connectivity index (χ1n) is 8.19. The zero-order chi connectivity index (χ0) is 19.6. The molecule has 0 bridgehead atoms. The summed E-state index contributed by atoms with van der Waals surface area (Å²) in [6.07, 6.45) is -7.04. The molecular weight excluding hydrogens is 358 g/mol. The highest BCUT2D eigenvalue weighted by molar-refractivity contribution is 5.75. The third-order valence-electron chi connectivity index (χ3n) is 4.12. The lowest BCUT2D eigenvalue weighted by molar-refractivity contribution is -0.286. The first kappa shape index (κ1) is 19.4. The fourth-order valence-corrected chi connectivity index (χ4v) is 2.63. The zero-order valence-corrected chi connectivity index (χ0v) is 14.0. The molecule has 2 heterocycles. The van der Waals surface area contributed by atoms with Gasteiger partial charge in [-0.2, -0.15) is 0 Å². The number of ether oxygens (including phenoxy) is 1. The number of aromatic nitrogens is 1. The number of aliphatic hydroxyl groups is 5. The van der Waals surface area contributed by atoms with E-state index in [0.717, 1.165) is 5.52 Å². The van der Waals surface area contributed by atoms with Crippen molar-refractivity contribution in [2.75, 3.05) is 6.61 Å². The number of aliphatic hydroxyl groups excluding tert-OH is 5. The number of hydrogen-bond acceptors (Lipinski definition) is 9. The van der Waals surface area contributed by atoms with E-state index in [1.54, 1.807) is 6.07 Å². The van der Waals surface area contributed by atoms with Crippen molar-refractivity contribution < 1.29 is 34.7 Å². The Morgan fingerprint density at radius 2 is 1.70 bits per heavy atom. The van der Waals surface area contributed by atoms with Crippen LogP contribution in [-0.2, 0) is 4.74 Å². The molecule has 1 aromatic rings. The standard InChI is InChI=1S/C12H7NO2.C6H12O6/c14-8-5-6-10-12(7-8)15-11-4-2-1-3-9(11)13-10;7-1-2-3(8)4(9)5(10)6(11)12-2/h1-7H;2-11H,1H2/t;2-,3-,4+,5-,6+/m.1/s1. The maximum Gasteiger partial charge on any atom is 0.184 e. The Morgan fingerprint density at radius 1 is 0.963 bits per heavy atom. The number of nitrogens with zero attached hydrogens (tertiary/aromatic N) is 1. The molecule has 1 fully saturated rings. The predicted molar refractivity (Wildman–Crippen MR) is 92.9 cm³/mol. The Labute approximate surface area is 153 Å². The van der Waals surface area contributed by atoms with Crippen molar-refractivity contribution in [2.24, 2.45) is 0 Å². The van der Waals surface area contributed by atoms with Gasteiger partial charge in [0.2, 0.25) is 0 Å². The molecule has 9 heteroatoms. The van der Waals surface area contributed by atoms with Gasteiger partial charge >= 0.3 is 0 Å². The Hall–Kier alpha value is -2.40. The van der Waals surface area contributed by atoms with E-state index in [1.165, 1.54) is 12.1 Å². The third-order valence-corrected chi connectivity index (χ3v) is 4.12. The molecule has 9 nitrogen and oxygen atoms in total. The molecule has 0 saturated carbocycles. The fourth-order valence-electron chi connectivity index (χ4n) is 2.63. The van der Waals surface area contributed by atoms with E-state index in [1.807, 2.05) is 24.3 Å². The molecular formula is C18H19NO8. The summed E-state index contributed by atoms with van der Waals surface area (Å²) in [5.74, 6) is 0.529. The lowest BCUT2D eigenvalue weighted by atomic mass is 10.00. The van der Waals surface area contributed by atoms with E-state index in [4.69, 9.17) is 29.9 Å². The first-order valence-corrected chi connectivity index (χ1v) is 8.19. The number of hydrogen-bond donors (Lipinski definition) is 5. The summed E-state index contributed by atoms with van der Waals surface area (Å²) in [5.41, 5.74) is 2.12. The van der Waals surface area contributed by atoms with Gasteiger partial charge in [-0.25, -0.2) is 4.98 Å². The number of para-hydroxylation sites is 2. The van der Waals surface area contributed by atoms with E-state index >= 15 is 0 Å². The van der Waals surface area contributed by atoms with Gasteiger partial charge < -0.3 is 34.7 Å². The lowest BCUT2D eigenvalue weighted by Crippen LogP contribution is -2.58. The van der Waals surface area contributed by atoms with Crippen molar-refractivity contribution in [3.8, 4) is 11.5 Å². The highest BCUT2D eigenvalue weighted by Crippen LogP contribution is 2.22. The molecule has 0 aromatic heterocycles. The van der Waals surface area contributed by atoms with E-state index in [2.05, 4.69) is 9.72 Å². The molecule has 5 atom stereocenters. The topological polar surface area (TPSA) is 153 Å². The third kappa shape index (κ3) is 4.14. The fraction of sp³-hybridized carbons (Fsp3) is 0.333. The van der Waals surface area contributed by atoms with Gasteiger partial charge in [0.15, 0.2) is 23.1 Å². The van der Waals surface area contributed by atoms with Gasteiger partial charge in [0.25, 0.3) is 0 Å². The van der Waals surface area contributed by atoms with Crippen LogP contribution >= 0.6 is 0 Å². The second-order valence-electron chi connectivity index (χ2n) is 6.03. The number of benzene rings is 2. The van der Waals surface area contributed by atoms with Gasteiger partial charge in [-0.05, 0) is 24.3 Å². The Morgan fingerprint density at radius 3 is 2.44 bits per heavy atom. The van der Waals surface area contributed by atoms with E-state index in [0.29, 0.717) is 17.0 Å². The van der Waals surface area contributed by atoms with Crippen molar-refractivity contribution in [2.45, 2.75) is 30.7 Å². The Balaban J connectivity index is 0.000000161. The summed E-state index contributed by atoms with van der Waals surface area (Å²) < 4.78 is 10.1. The smallest absolute Gasteiger partial charge is 0.184 e. The average Bonchev–Trinajstić information content (AvgIpc) is 2.68. The van der Waals surface area contributed by atoms with Crippen LogP contribution in [0.3, 0.4) is 0 Å². The Kier molecular flexibility index (Phi) is 5.80. The van der Waals surface area contributed by atoms with Crippen LogP contribution in [0.2, 0.25) is 0 Å². The maximum atomic E-state index is 11.1. The molecule has 5 N–H and O–H groups in total. The molecule has 27 heavy (non-hydrogen) atoms. The molecule has 1 saturated heterocycles. The van der Waals surface area contributed by atoms with Gasteiger partial charge in [-0.1, -0.05) is 12.1 Å². The van der Waals surface area contributed by atoms with Gasteiger partial charge in [-0.15, -0.1) is 0 Å². The maximum absolute atomic E-state index is 11.1. The summed E-state index contributed by atoms with van der Waals surface area (Å²) in [6.45, 7) is -0.526. The molecule has 3 aliphatic rings. The molecule has 1 aliphatic carbocycles. The van der Waals surface area contributed by atoms with Crippen LogP contribution in [0.15, 0.2) is 51.7 Å². The van der Waals surface area contributed by atoms with Gasteiger partial charge in [0.05, 0.1) is 6.61 Å². The van der Waals surface area contributed by atoms with Crippen LogP contribution in [-0.4, -0.2) is 67.8 Å². The van der Waals surface area contributed by atoms with Crippen molar-refractivity contribution in [1.29, 1.82) is 0 Å². The predicted octanol–water partition coefficient (Wildman–Crippen LogP) is -0.929. The van der Waals surface area contributed by atoms with Gasteiger partial charge in [-0.3, -0.25) is 4.79 Å². The molecule has 0 spiro atoms. The second-order valence-corrected chi connectivity index (χ2v) is 6.03. The minimum absolute atomic E-state index is 0.0664. The molecule has 0 unspecified atom stereocenters. The highest BCUT2D eigenvalue weighted by Gasteiger charge is 2.42. The minimum atomic E-state index is -1.57. The normalized spacial score (nSPS) is 28.0. The largest absolute Gasteiger partial charge is 0.453 e. The summed E-state index contributed by atoms with van der Waals surface area (Å²) >= 11 is 0. The molecule has 144 valence electrons. The van der Waals surface area contributed by atoms with Crippen LogP contribution in [0.4, 0.5) is 0 Å². The van der Waals surface area contributed by atoms with Crippen molar-refractivity contribution >= 4 is 11.1 Å². The van der Waals surface area contributed by atoms with Crippen LogP contribution in [0.5, 0.6) is 0 Å². The van der Waals surface area contributed by atoms with Crippen molar-refractivity contribution in [3.05, 3.63) is 52.7 Å². The summed E-state index contributed by atoms with van der Waals surface area (Å²) in [6, 6.07) is 12.1. The van der Waals surface area contributed by atoms with Crippen LogP contribution in [0.25, 0.3) is 22.6 Å². The van der Waals surface area contributed by atoms with Crippen molar-refractivity contribution in [1.82, 2.24) is 4.98 Å². The number of rotatable bonds is 1. The molecule has 2 aliphatic heterocycles. The summed E-state index contributed by atoms with van der Waals surface area (Å²) in [5, 5.41) is 44.7. The van der Waals surface area contributed by atoms with Crippen molar-refractivity contribution in [3.63, 3.8) is 0 Å². The van der Waals surface area contributed by atoms with E-state index < -0.39 is 37.3 Å². The summed E-state index contributed by atoms with van der Waals surface area (Å²) in [7, 11) is 0. The monoisotopic (exact) mass is 377 g/mol. The SMILES string of the molecule is O=c1ccc2nc3ccccc3oc-2c1.OC[C@H]1O[C@H](O)[C@H](O)[C@@H](O)[C@@H]1O. The van der Waals surface area contributed by atoms with E-state index in [-0.39, 0.29) is 5.43 Å². The van der Waals surface area contributed by atoms with E-state index in [9.17, 15) is 4.79 Å². The van der Waals surface area contributed by atoms with Crippen LogP contribution in [0, 0.1) is 0 Å². The molecule has 0 radical (unpaired) electrons. The highest BCUT2D eigenvalue weighted by atomic mass is 16.6. The Bertz CT molecular complexity index is 924. The zero-order valence-electron chi connectivity index (χ0n) is 14.0. The quantitative estimate of drug-likeness (QED) is 0.338. The first-order chi connectivity index (χ1) is 12.9. The second kappa shape index (κ2) is 8.09. The number of fused-ring (bicyclic) bond motifs is 2. The van der Waals surface area contributed by atoms with Gasteiger partial charge in [0.1, 0.15) is 35.6 Å². The van der Waals surface area contributed by atoms with Crippen LogP contribution < -0.4 is 5.43 Å². The molecule has 0 amide bonds. The molecule has 4 rings (SSSR count). The lowest BCUT2D eigenvalue weighted by Gasteiger charge is -2.37. The van der Waals surface area contributed by atoms with Crippen LogP contribution in [0.1, 0.15) is 0 Å². The molecule has 1 aromatic carbocycles. The van der Waals surface area contributed by atoms with Gasteiger partial charge in [0, 0.05) is 6.07 Å².